The van der Waals surface area contributed by atoms with Crippen LogP contribution in [0.1, 0.15) is 25.7 Å². The van der Waals surface area contributed by atoms with Crippen molar-refractivity contribution in [3.8, 4) is 0 Å². The highest BCUT2D eigenvalue weighted by atomic mass is 16.5. The van der Waals surface area contributed by atoms with Gasteiger partial charge >= 0.3 is 6.09 Å². The molecule has 1 N–H and O–H groups in total. The van der Waals surface area contributed by atoms with Crippen molar-refractivity contribution in [2.75, 3.05) is 26.3 Å². The molecule has 2 heterocycles. The summed E-state index contributed by atoms with van der Waals surface area (Å²) in [5, 5.41) is 8.92. The van der Waals surface area contributed by atoms with Gasteiger partial charge in [0.15, 0.2) is 0 Å². The zero-order chi connectivity index (χ0) is 10.7. The lowest BCUT2D eigenvalue weighted by Crippen LogP contribution is -2.39. The Labute approximate surface area is 90.2 Å². The Hall–Kier alpha value is -0.770. The van der Waals surface area contributed by atoms with Gasteiger partial charge in [0, 0.05) is 26.3 Å². The molecule has 0 saturated carbocycles. The average Bonchev–Trinajstić information content (AvgIpc) is 2.71. The summed E-state index contributed by atoms with van der Waals surface area (Å²) in [6.45, 7) is 3.21. The molecule has 0 aromatic carbocycles. The van der Waals surface area contributed by atoms with Crippen LogP contribution in [-0.2, 0) is 4.74 Å². The standard InChI is InChI=1S/C11H19NO3/c13-11(14)12-4-1-2-9(7-12)6-10-3-5-15-8-10/h9-10H,1-8H2,(H,13,14)/t9-,10?/m0/s1. The van der Waals surface area contributed by atoms with Crippen molar-refractivity contribution in [3.05, 3.63) is 0 Å². The van der Waals surface area contributed by atoms with Crippen LogP contribution >= 0.6 is 0 Å². The summed E-state index contributed by atoms with van der Waals surface area (Å²) >= 11 is 0. The second-order valence-corrected chi connectivity index (χ2v) is 4.70. The fourth-order valence-corrected chi connectivity index (χ4v) is 2.67. The molecule has 0 bridgehead atoms. The van der Waals surface area contributed by atoms with Crippen LogP contribution in [0.4, 0.5) is 4.79 Å². The minimum Gasteiger partial charge on any atom is -0.465 e. The topological polar surface area (TPSA) is 49.8 Å². The first-order valence-corrected chi connectivity index (χ1v) is 5.81. The Kier molecular flexibility index (Phi) is 3.46. The number of hydrogen-bond donors (Lipinski definition) is 1. The molecule has 0 radical (unpaired) electrons. The van der Waals surface area contributed by atoms with Gasteiger partial charge in [-0.2, -0.15) is 0 Å². The monoisotopic (exact) mass is 213 g/mol. The van der Waals surface area contributed by atoms with E-state index in [0.717, 1.165) is 39.0 Å². The number of amides is 1. The summed E-state index contributed by atoms with van der Waals surface area (Å²) < 4.78 is 5.34. The van der Waals surface area contributed by atoms with Crippen LogP contribution in [-0.4, -0.2) is 42.4 Å². The molecule has 4 heteroatoms. The summed E-state index contributed by atoms with van der Waals surface area (Å²) in [7, 11) is 0. The molecule has 1 amide bonds. The van der Waals surface area contributed by atoms with Gasteiger partial charge in [0.25, 0.3) is 0 Å². The molecular formula is C11H19NO3. The maximum absolute atomic E-state index is 10.8. The number of piperidine rings is 1. The fraction of sp³-hybridized carbons (Fsp3) is 0.909. The number of ether oxygens (including phenoxy) is 1. The first kappa shape index (κ1) is 10.7. The summed E-state index contributed by atoms with van der Waals surface area (Å²) in [4.78, 5) is 12.4. The van der Waals surface area contributed by atoms with Crippen LogP contribution in [0.5, 0.6) is 0 Å². The Morgan fingerprint density at radius 3 is 2.93 bits per heavy atom. The van der Waals surface area contributed by atoms with Gasteiger partial charge in [-0.1, -0.05) is 0 Å². The molecule has 2 rings (SSSR count). The summed E-state index contributed by atoms with van der Waals surface area (Å²) in [6.07, 6.45) is 3.74. The summed E-state index contributed by atoms with van der Waals surface area (Å²) in [5.41, 5.74) is 0. The van der Waals surface area contributed by atoms with Crippen LogP contribution < -0.4 is 0 Å². The normalized spacial score (nSPS) is 31.9. The molecule has 2 aliphatic heterocycles. The van der Waals surface area contributed by atoms with Gasteiger partial charge in [-0.3, -0.25) is 0 Å². The molecule has 2 saturated heterocycles. The predicted octanol–water partition coefficient (Wildman–Crippen LogP) is 1.80. The van der Waals surface area contributed by atoms with E-state index in [9.17, 15) is 4.79 Å². The van der Waals surface area contributed by atoms with E-state index in [1.165, 1.54) is 6.42 Å². The van der Waals surface area contributed by atoms with E-state index in [1.807, 2.05) is 0 Å². The molecular weight excluding hydrogens is 194 g/mol. The molecule has 0 aromatic heterocycles. The van der Waals surface area contributed by atoms with Gasteiger partial charge in [0.1, 0.15) is 0 Å². The molecule has 0 aliphatic carbocycles. The average molecular weight is 213 g/mol. The number of likely N-dealkylation sites (tertiary alicyclic amines) is 1. The second kappa shape index (κ2) is 4.84. The van der Waals surface area contributed by atoms with Gasteiger partial charge < -0.3 is 14.7 Å². The SMILES string of the molecule is O=C(O)N1CCC[C@@H](CC2CCOC2)C1. The van der Waals surface area contributed by atoms with E-state index >= 15 is 0 Å². The largest absolute Gasteiger partial charge is 0.465 e. The van der Waals surface area contributed by atoms with Crippen LogP contribution in [0, 0.1) is 11.8 Å². The fourth-order valence-electron chi connectivity index (χ4n) is 2.67. The molecule has 4 nitrogen and oxygen atoms in total. The van der Waals surface area contributed by atoms with Crippen molar-refractivity contribution in [1.29, 1.82) is 0 Å². The Morgan fingerprint density at radius 2 is 2.27 bits per heavy atom. The van der Waals surface area contributed by atoms with Gasteiger partial charge in [-0.05, 0) is 37.5 Å². The zero-order valence-corrected chi connectivity index (χ0v) is 9.02. The van der Waals surface area contributed by atoms with Crippen LogP contribution in [0.25, 0.3) is 0 Å². The van der Waals surface area contributed by atoms with E-state index in [0.29, 0.717) is 18.4 Å². The number of hydrogen-bond acceptors (Lipinski definition) is 2. The molecule has 0 spiro atoms. The van der Waals surface area contributed by atoms with Crippen molar-refractivity contribution in [2.45, 2.75) is 25.7 Å². The van der Waals surface area contributed by atoms with E-state index in [2.05, 4.69) is 0 Å². The second-order valence-electron chi connectivity index (χ2n) is 4.70. The molecule has 1 unspecified atom stereocenters. The number of rotatable bonds is 2. The molecule has 2 fully saturated rings. The molecule has 0 aromatic rings. The quantitative estimate of drug-likeness (QED) is 0.761. The third-order valence-corrected chi connectivity index (χ3v) is 3.48. The molecule has 2 atom stereocenters. The molecule has 2 aliphatic rings. The minimum atomic E-state index is -0.762. The number of carboxylic acid groups (broad SMARTS) is 1. The summed E-state index contributed by atoms with van der Waals surface area (Å²) in [5.74, 6) is 1.23. The lowest BCUT2D eigenvalue weighted by atomic mass is 9.88. The van der Waals surface area contributed by atoms with Gasteiger partial charge in [-0.15, -0.1) is 0 Å². The first-order chi connectivity index (χ1) is 7.25. The van der Waals surface area contributed by atoms with Crippen molar-refractivity contribution < 1.29 is 14.6 Å². The van der Waals surface area contributed by atoms with Crippen LogP contribution in [0.15, 0.2) is 0 Å². The minimum absolute atomic E-state index is 0.557. The first-order valence-electron chi connectivity index (χ1n) is 5.81. The maximum Gasteiger partial charge on any atom is 0.407 e. The third kappa shape index (κ3) is 2.84. The van der Waals surface area contributed by atoms with Crippen molar-refractivity contribution in [1.82, 2.24) is 4.90 Å². The van der Waals surface area contributed by atoms with E-state index in [1.54, 1.807) is 4.90 Å². The number of carbonyl (C=O) groups is 1. The summed E-state index contributed by atoms with van der Waals surface area (Å²) in [6, 6.07) is 0. The highest BCUT2D eigenvalue weighted by Crippen LogP contribution is 2.27. The maximum atomic E-state index is 10.8. The van der Waals surface area contributed by atoms with Gasteiger partial charge in [-0.25, -0.2) is 4.79 Å². The van der Waals surface area contributed by atoms with E-state index < -0.39 is 6.09 Å². The Bertz CT molecular complexity index is 226. The predicted molar refractivity (Wildman–Crippen MR) is 55.9 cm³/mol. The van der Waals surface area contributed by atoms with Gasteiger partial charge in [0.2, 0.25) is 0 Å². The Balaban J connectivity index is 1.79. The lowest BCUT2D eigenvalue weighted by Gasteiger charge is -2.31. The third-order valence-electron chi connectivity index (χ3n) is 3.48. The highest BCUT2D eigenvalue weighted by molar-refractivity contribution is 5.65. The highest BCUT2D eigenvalue weighted by Gasteiger charge is 2.26. The molecule has 15 heavy (non-hydrogen) atoms. The van der Waals surface area contributed by atoms with Crippen molar-refractivity contribution >= 4 is 6.09 Å². The van der Waals surface area contributed by atoms with E-state index in [-0.39, 0.29) is 0 Å². The lowest BCUT2D eigenvalue weighted by molar-refractivity contribution is 0.112. The van der Waals surface area contributed by atoms with E-state index in [4.69, 9.17) is 9.84 Å². The zero-order valence-electron chi connectivity index (χ0n) is 9.02. The van der Waals surface area contributed by atoms with Crippen LogP contribution in [0.3, 0.4) is 0 Å². The number of nitrogens with zero attached hydrogens (tertiary/aromatic N) is 1. The van der Waals surface area contributed by atoms with Crippen molar-refractivity contribution in [3.63, 3.8) is 0 Å². The van der Waals surface area contributed by atoms with Crippen molar-refractivity contribution in [2.24, 2.45) is 11.8 Å². The Morgan fingerprint density at radius 1 is 1.40 bits per heavy atom. The van der Waals surface area contributed by atoms with Crippen LogP contribution in [0.2, 0.25) is 0 Å². The van der Waals surface area contributed by atoms with Gasteiger partial charge in [0.05, 0.1) is 0 Å². The smallest absolute Gasteiger partial charge is 0.407 e. The molecule has 86 valence electrons.